The Morgan fingerprint density at radius 3 is 2.81 bits per heavy atom. The molecule has 1 heterocycles. The minimum atomic E-state index is 0.184. The smallest absolute Gasteiger partial charge is 0.146 e. The first-order valence-electron chi connectivity index (χ1n) is 6.03. The molecule has 1 aliphatic rings. The number of likely N-dealkylation sites (N-methyl/N-ethyl adjacent to an activating group) is 1. The molecule has 88 valence electrons. The van der Waals surface area contributed by atoms with Gasteiger partial charge in [-0.15, -0.1) is 0 Å². The molecular formula is C14H21NO. The van der Waals surface area contributed by atoms with Gasteiger partial charge in [0.05, 0.1) is 12.2 Å². The first-order chi connectivity index (χ1) is 7.56. The van der Waals surface area contributed by atoms with E-state index in [1.807, 2.05) is 0 Å². The summed E-state index contributed by atoms with van der Waals surface area (Å²) < 4.78 is 5.87. The largest absolute Gasteiger partial charge is 0.489 e. The predicted octanol–water partition coefficient (Wildman–Crippen LogP) is 3.20. The van der Waals surface area contributed by atoms with E-state index in [2.05, 4.69) is 50.9 Å². The lowest BCUT2D eigenvalue weighted by molar-refractivity contribution is 0.300. The maximum atomic E-state index is 5.87. The van der Waals surface area contributed by atoms with Gasteiger partial charge >= 0.3 is 0 Å². The molecular weight excluding hydrogens is 198 g/mol. The molecule has 2 heteroatoms. The predicted molar refractivity (Wildman–Crippen MR) is 68.5 cm³/mol. The maximum absolute atomic E-state index is 5.87. The van der Waals surface area contributed by atoms with Crippen LogP contribution in [-0.4, -0.2) is 20.2 Å². The van der Waals surface area contributed by atoms with E-state index in [1.165, 1.54) is 11.3 Å². The van der Waals surface area contributed by atoms with Crippen molar-refractivity contribution < 1.29 is 4.74 Å². The summed E-state index contributed by atoms with van der Waals surface area (Å²) in [6.07, 6.45) is 1.12. The Kier molecular flexibility index (Phi) is 2.83. The van der Waals surface area contributed by atoms with Gasteiger partial charge in [0.1, 0.15) is 12.4 Å². The zero-order valence-corrected chi connectivity index (χ0v) is 10.7. The van der Waals surface area contributed by atoms with E-state index in [-0.39, 0.29) is 5.41 Å². The SMILES string of the molecule is CCC(C)(C)c1cccc2c1OCCN2C. The molecule has 0 saturated heterocycles. The topological polar surface area (TPSA) is 12.5 Å². The lowest BCUT2D eigenvalue weighted by atomic mass is 9.81. The minimum Gasteiger partial charge on any atom is -0.489 e. The summed E-state index contributed by atoms with van der Waals surface area (Å²) in [5.41, 5.74) is 2.74. The monoisotopic (exact) mass is 219 g/mol. The number of hydrogen-bond acceptors (Lipinski definition) is 2. The normalized spacial score (nSPS) is 15.6. The quantitative estimate of drug-likeness (QED) is 0.757. The Morgan fingerprint density at radius 2 is 2.12 bits per heavy atom. The molecule has 16 heavy (non-hydrogen) atoms. The fourth-order valence-corrected chi connectivity index (χ4v) is 2.11. The van der Waals surface area contributed by atoms with Crippen molar-refractivity contribution >= 4 is 5.69 Å². The number of ether oxygens (including phenoxy) is 1. The molecule has 0 aliphatic carbocycles. The van der Waals surface area contributed by atoms with E-state index in [0.717, 1.165) is 25.3 Å². The molecule has 0 unspecified atom stereocenters. The highest BCUT2D eigenvalue weighted by molar-refractivity contribution is 5.64. The van der Waals surface area contributed by atoms with Crippen molar-refractivity contribution in [1.29, 1.82) is 0 Å². The van der Waals surface area contributed by atoms with Crippen LogP contribution >= 0.6 is 0 Å². The van der Waals surface area contributed by atoms with Crippen LogP contribution in [0, 0.1) is 0 Å². The van der Waals surface area contributed by atoms with Gasteiger partial charge in [0.15, 0.2) is 0 Å². The van der Waals surface area contributed by atoms with E-state index in [4.69, 9.17) is 4.74 Å². The highest BCUT2D eigenvalue weighted by Gasteiger charge is 2.26. The van der Waals surface area contributed by atoms with Crippen molar-refractivity contribution in [2.75, 3.05) is 25.1 Å². The molecule has 0 saturated carbocycles. The molecule has 0 atom stereocenters. The summed E-state index contributed by atoms with van der Waals surface area (Å²) in [6.45, 7) is 8.55. The van der Waals surface area contributed by atoms with Crippen LogP contribution in [0.25, 0.3) is 0 Å². The lowest BCUT2D eigenvalue weighted by Gasteiger charge is -2.33. The van der Waals surface area contributed by atoms with E-state index in [0.29, 0.717) is 0 Å². The molecule has 0 radical (unpaired) electrons. The third-order valence-corrected chi connectivity index (χ3v) is 3.69. The van der Waals surface area contributed by atoms with Crippen LogP contribution in [0.3, 0.4) is 0 Å². The second-order valence-electron chi connectivity index (χ2n) is 5.16. The van der Waals surface area contributed by atoms with Crippen molar-refractivity contribution in [3.63, 3.8) is 0 Å². The number of fused-ring (bicyclic) bond motifs is 1. The first kappa shape index (κ1) is 11.3. The molecule has 1 aromatic rings. The summed E-state index contributed by atoms with van der Waals surface area (Å²) in [6, 6.07) is 6.47. The molecule has 2 nitrogen and oxygen atoms in total. The van der Waals surface area contributed by atoms with E-state index in [9.17, 15) is 0 Å². The van der Waals surface area contributed by atoms with Crippen molar-refractivity contribution in [1.82, 2.24) is 0 Å². The van der Waals surface area contributed by atoms with Crippen molar-refractivity contribution in [2.24, 2.45) is 0 Å². The summed E-state index contributed by atoms with van der Waals surface area (Å²) in [5, 5.41) is 0. The second kappa shape index (κ2) is 4.00. The number of rotatable bonds is 2. The summed E-state index contributed by atoms with van der Waals surface area (Å²) in [7, 11) is 2.13. The molecule has 1 aliphatic heterocycles. The zero-order chi connectivity index (χ0) is 11.8. The van der Waals surface area contributed by atoms with Gasteiger partial charge in [-0.1, -0.05) is 32.9 Å². The molecule has 0 N–H and O–H groups in total. The number of nitrogens with zero attached hydrogens (tertiary/aromatic N) is 1. The van der Waals surface area contributed by atoms with Crippen molar-refractivity contribution in [3.05, 3.63) is 23.8 Å². The third-order valence-electron chi connectivity index (χ3n) is 3.69. The first-order valence-corrected chi connectivity index (χ1v) is 6.03. The van der Waals surface area contributed by atoms with Gasteiger partial charge in [-0.2, -0.15) is 0 Å². The Labute approximate surface area is 98.2 Å². The van der Waals surface area contributed by atoms with Crippen LogP contribution in [0.5, 0.6) is 5.75 Å². The number of benzene rings is 1. The highest BCUT2D eigenvalue weighted by Crippen LogP contribution is 2.41. The van der Waals surface area contributed by atoms with E-state index >= 15 is 0 Å². The lowest BCUT2D eigenvalue weighted by Crippen LogP contribution is -2.30. The van der Waals surface area contributed by atoms with Gasteiger partial charge < -0.3 is 9.64 Å². The number of anilines is 1. The van der Waals surface area contributed by atoms with Gasteiger partial charge in [-0.3, -0.25) is 0 Å². The molecule has 0 amide bonds. The van der Waals surface area contributed by atoms with Gasteiger partial charge in [-0.25, -0.2) is 0 Å². The van der Waals surface area contributed by atoms with E-state index in [1.54, 1.807) is 0 Å². The molecule has 0 aromatic heterocycles. The van der Waals surface area contributed by atoms with Gasteiger partial charge in [-0.05, 0) is 17.9 Å². The standard InChI is InChI=1S/C14H21NO/c1-5-14(2,3)11-7-6-8-12-13(11)16-10-9-15(12)4/h6-8H,5,9-10H2,1-4H3. The summed E-state index contributed by atoms with van der Waals surface area (Å²) >= 11 is 0. The number of hydrogen-bond donors (Lipinski definition) is 0. The second-order valence-corrected chi connectivity index (χ2v) is 5.16. The van der Waals surface area contributed by atoms with Gasteiger partial charge in [0, 0.05) is 12.6 Å². The van der Waals surface area contributed by atoms with Gasteiger partial charge in [0.2, 0.25) is 0 Å². The Balaban J connectivity index is 2.52. The Morgan fingerprint density at radius 1 is 1.38 bits per heavy atom. The fraction of sp³-hybridized carbons (Fsp3) is 0.571. The molecule has 0 spiro atoms. The maximum Gasteiger partial charge on any atom is 0.146 e. The Hall–Kier alpha value is -1.18. The van der Waals surface area contributed by atoms with Crippen LogP contribution in [0.1, 0.15) is 32.8 Å². The average molecular weight is 219 g/mol. The van der Waals surface area contributed by atoms with Crippen molar-refractivity contribution in [3.8, 4) is 5.75 Å². The minimum absolute atomic E-state index is 0.184. The van der Waals surface area contributed by atoms with Crippen molar-refractivity contribution in [2.45, 2.75) is 32.6 Å². The van der Waals surface area contributed by atoms with Crippen LogP contribution in [0.15, 0.2) is 18.2 Å². The molecule has 2 rings (SSSR count). The van der Waals surface area contributed by atoms with Crippen LogP contribution < -0.4 is 9.64 Å². The third kappa shape index (κ3) is 1.77. The zero-order valence-electron chi connectivity index (χ0n) is 10.7. The van der Waals surface area contributed by atoms with Crippen LogP contribution in [0.2, 0.25) is 0 Å². The summed E-state index contributed by atoms with van der Waals surface area (Å²) in [4.78, 5) is 2.27. The van der Waals surface area contributed by atoms with Crippen LogP contribution in [0.4, 0.5) is 5.69 Å². The molecule has 0 bridgehead atoms. The number of para-hydroxylation sites is 1. The molecule has 0 fully saturated rings. The molecule has 1 aromatic carbocycles. The summed E-state index contributed by atoms with van der Waals surface area (Å²) in [5.74, 6) is 1.09. The van der Waals surface area contributed by atoms with Gasteiger partial charge in [0.25, 0.3) is 0 Å². The Bertz CT molecular complexity index is 384. The average Bonchev–Trinajstić information content (AvgIpc) is 2.29. The van der Waals surface area contributed by atoms with E-state index < -0.39 is 0 Å². The highest BCUT2D eigenvalue weighted by atomic mass is 16.5. The fourth-order valence-electron chi connectivity index (χ4n) is 2.11. The van der Waals surface area contributed by atoms with Crippen LogP contribution in [-0.2, 0) is 5.41 Å².